The van der Waals surface area contributed by atoms with Crippen LogP contribution in [0.5, 0.6) is 0 Å². The summed E-state index contributed by atoms with van der Waals surface area (Å²) in [5.41, 5.74) is 7.39. The van der Waals surface area contributed by atoms with Crippen molar-refractivity contribution >= 4 is 28.9 Å². The molecule has 2 aromatic rings. The van der Waals surface area contributed by atoms with Gasteiger partial charge in [-0.3, -0.25) is 9.48 Å². The number of nitrogens with one attached hydrogen (secondary N) is 1. The van der Waals surface area contributed by atoms with Gasteiger partial charge in [-0.15, -0.1) is 0 Å². The second-order valence-electron chi connectivity index (χ2n) is 3.94. The highest BCUT2D eigenvalue weighted by molar-refractivity contribution is 7.08. The lowest BCUT2D eigenvalue weighted by Crippen LogP contribution is -2.20. The number of hydrogen-bond donors (Lipinski definition) is 3. The van der Waals surface area contributed by atoms with Crippen molar-refractivity contribution in [2.24, 2.45) is 17.9 Å². The molecule has 0 fully saturated rings. The Morgan fingerprint density at radius 1 is 1.53 bits per heavy atom. The number of anilines is 1. The van der Waals surface area contributed by atoms with Crippen LogP contribution in [0.15, 0.2) is 22.1 Å². The van der Waals surface area contributed by atoms with Crippen LogP contribution in [0.3, 0.4) is 0 Å². The third-order valence-corrected chi connectivity index (χ3v) is 3.52. The smallest absolute Gasteiger partial charge is 0.257 e. The quantitative estimate of drug-likeness (QED) is 0.339. The summed E-state index contributed by atoms with van der Waals surface area (Å²) >= 11 is 1.45. The molecule has 0 aliphatic rings. The molecule has 0 spiro atoms. The maximum absolute atomic E-state index is 12.1. The van der Waals surface area contributed by atoms with Gasteiger partial charge in [0.15, 0.2) is 5.84 Å². The SMILES string of the molecule is Cc1cscc1C(=O)Nc1c(C(N)=NO)cnn1C. The van der Waals surface area contributed by atoms with Crippen LogP contribution in [-0.4, -0.2) is 26.7 Å². The standard InChI is InChI=1S/C11H13N5O2S/c1-6-4-19-5-8(6)11(17)14-10-7(9(12)15-18)3-13-16(10)2/h3-5,18H,1-2H3,(H2,12,15)(H,14,17). The molecule has 1 amide bonds. The Labute approximate surface area is 113 Å². The van der Waals surface area contributed by atoms with E-state index in [1.807, 2.05) is 12.3 Å². The van der Waals surface area contributed by atoms with Gasteiger partial charge in [-0.25, -0.2) is 0 Å². The molecule has 8 heteroatoms. The first-order valence-electron chi connectivity index (χ1n) is 5.38. The van der Waals surface area contributed by atoms with Crippen molar-refractivity contribution in [2.75, 3.05) is 5.32 Å². The first-order valence-corrected chi connectivity index (χ1v) is 6.33. The summed E-state index contributed by atoms with van der Waals surface area (Å²) in [6, 6.07) is 0. The summed E-state index contributed by atoms with van der Waals surface area (Å²) in [6.07, 6.45) is 1.42. The van der Waals surface area contributed by atoms with Gasteiger partial charge in [0.1, 0.15) is 5.82 Å². The summed E-state index contributed by atoms with van der Waals surface area (Å²) in [4.78, 5) is 12.1. The van der Waals surface area contributed by atoms with Crippen molar-refractivity contribution < 1.29 is 10.0 Å². The van der Waals surface area contributed by atoms with E-state index in [4.69, 9.17) is 10.9 Å². The molecule has 2 heterocycles. The molecule has 2 rings (SSSR count). The fourth-order valence-corrected chi connectivity index (χ4v) is 2.42. The second-order valence-corrected chi connectivity index (χ2v) is 4.68. The minimum Gasteiger partial charge on any atom is -0.409 e. The lowest BCUT2D eigenvalue weighted by molar-refractivity contribution is 0.102. The number of nitrogens with zero attached hydrogens (tertiary/aromatic N) is 3. The maximum Gasteiger partial charge on any atom is 0.257 e. The monoisotopic (exact) mass is 279 g/mol. The average Bonchev–Trinajstić information content (AvgIpc) is 2.96. The van der Waals surface area contributed by atoms with Gasteiger partial charge in [0.05, 0.1) is 17.3 Å². The number of carbonyl (C=O) groups is 1. The minimum atomic E-state index is -0.255. The van der Waals surface area contributed by atoms with Crippen molar-refractivity contribution in [1.82, 2.24) is 9.78 Å². The van der Waals surface area contributed by atoms with Crippen LogP contribution >= 0.6 is 11.3 Å². The second kappa shape index (κ2) is 5.11. The number of aromatic nitrogens is 2. The Morgan fingerprint density at radius 2 is 2.26 bits per heavy atom. The van der Waals surface area contributed by atoms with Crippen molar-refractivity contribution in [3.63, 3.8) is 0 Å². The third kappa shape index (κ3) is 2.43. The van der Waals surface area contributed by atoms with Crippen molar-refractivity contribution in [2.45, 2.75) is 6.92 Å². The molecule has 4 N–H and O–H groups in total. The van der Waals surface area contributed by atoms with E-state index < -0.39 is 0 Å². The summed E-state index contributed by atoms with van der Waals surface area (Å²) in [7, 11) is 1.66. The minimum absolute atomic E-state index is 0.106. The fraction of sp³-hybridized carbons (Fsp3) is 0.182. The number of thiophene rings is 1. The molecule has 0 saturated heterocycles. The number of nitrogens with two attached hydrogens (primary N) is 1. The zero-order valence-corrected chi connectivity index (χ0v) is 11.2. The molecule has 0 atom stereocenters. The number of oxime groups is 1. The molecule has 7 nitrogen and oxygen atoms in total. The molecule has 0 bridgehead atoms. The Morgan fingerprint density at radius 3 is 2.84 bits per heavy atom. The average molecular weight is 279 g/mol. The molecule has 100 valence electrons. The van der Waals surface area contributed by atoms with Crippen LogP contribution in [0.4, 0.5) is 5.82 Å². The molecule has 0 aliphatic heterocycles. The van der Waals surface area contributed by atoms with Gasteiger partial charge in [0.25, 0.3) is 5.91 Å². The van der Waals surface area contributed by atoms with Crippen LogP contribution in [0.2, 0.25) is 0 Å². The number of amides is 1. The summed E-state index contributed by atoms with van der Waals surface area (Å²) in [6.45, 7) is 1.86. The van der Waals surface area contributed by atoms with Gasteiger partial charge in [0, 0.05) is 12.4 Å². The van der Waals surface area contributed by atoms with Gasteiger partial charge < -0.3 is 16.3 Å². The Balaban J connectivity index is 2.32. The molecule has 19 heavy (non-hydrogen) atoms. The Bertz CT molecular complexity index is 643. The van der Waals surface area contributed by atoms with Gasteiger partial charge in [-0.1, -0.05) is 5.16 Å². The van der Waals surface area contributed by atoms with E-state index in [0.717, 1.165) is 5.56 Å². The van der Waals surface area contributed by atoms with Crippen molar-refractivity contribution in [3.8, 4) is 0 Å². The van der Waals surface area contributed by atoms with E-state index in [-0.39, 0.29) is 11.7 Å². The predicted octanol–water partition coefficient (Wildman–Crippen LogP) is 1.14. The summed E-state index contributed by atoms with van der Waals surface area (Å²) in [5, 5.41) is 22.0. The van der Waals surface area contributed by atoms with Crippen LogP contribution in [0, 0.1) is 6.92 Å². The maximum atomic E-state index is 12.1. The first-order chi connectivity index (χ1) is 9.04. The highest BCUT2D eigenvalue weighted by Gasteiger charge is 2.17. The van der Waals surface area contributed by atoms with E-state index in [1.54, 1.807) is 12.4 Å². The summed E-state index contributed by atoms with van der Waals surface area (Å²) < 4.78 is 1.45. The van der Waals surface area contributed by atoms with Gasteiger partial charge in [0.2, 0.25) is 0 Å². The molecular weight excluding hydrogens is 266 g/mol. The van der Waals surface area contributed by atoms with Gasteiger partial charge in [-0.2, -0.15) is 16.4 Å². The van der Waals surface area contributed by atoms with E-state index in [2.05, 4.69) is 15.6 Å². The zero-order chi connectivity index (χ0) is 14.0. The predicted molar refractivity (Wildman–Crippen MR) is 72.7 cm³/mol. The number of rotatable bonds is 3. The van der Waals surface area contributed by atoms with Crippen LogP contribution in [0.1, 0.15) is 21.5 Å². The number of carbonyl (C=O) groups excluding carboxylic acids is 1. The van der Waals surface area contributed by atoms with Crippen molar-refractivity contribution in [1.29, 1.82) is 0 Å². The Hall–Kier alpha value is -2.35. The lowest BCUT2D eigenvalue weighted by atomic mass is 10.2. The molecule has 0 aromatic carbocycles. The molecule has 0 unspecified atom stereocenters. The van der Waals surface area contributed by atoms with E-state index in [1.165, 1.54) is 22.2 Å². The van der Waals surface area contributed by atoms with E-state index in [0.29, 0.717) is 16.9 Å². The molecule has 0 radical (unpaired) electrons. The van der Waals surface area contributed by atoms with Crippen LogP contribution in [0.25, 0.3) is 0 Å². The molecule has 0 aliphatic carbocycles. The normalized spacial score (nSPS) is 11.6. The topological polar surface area (TPSA) is 106 Å². The fourth-order valence-electron chi connectivity index (χ4n) is 1.60. The third-order valence-electron chi connectivity index (χ3n) is 2.65. The van der Waals surface area contributed by atoms with E-state index in [9.17, 15) is 4.79 Å². The number of aryl methyl sites for hydroxylation is 2. The number of amidine groups is 1. The largest absolute Gasteiger partial charge is 0.409 e. The highest BCUT2D eigenvalue weighted by Crippen LogP contribution is 2.18. The highest BCUT2D eigenvalue weighted by atomic mass is 32.1. The Kier molecular flexibility index (Phi) is 3.52. The zero-order valence-electron chi connectivity index (χ0n) is 10.4. The van der Waals surface area contributed by atoms with Gasteiger partial charge >= 0.3 is 0 Å². The molecule has 2 aromatic heterocycles. The summed E-state index contributed by atoms with van der Waals surface area (Å²) in [5.74, 6) is 0.0191. The lowest BCUT2D eigenvalue weighted by Gasteiger charge is -2.07. The van der Waals surface area contributed by atoms with E-state index >= 15 is 0 Å². The van der Waals surface area contributed by atoms with Crippen LogP contribution < -0.4 is 11.1 Å². The molecular formula is C11H13N5O2S. The van der Waals surface area contributed by atoms with Crippen molar-refractivity contribution in [3.05, 3.63) is 33.6 Å². The number of hydrogen-bond acceptors (Lipinski definition) is 5. The first kappa shape index (κ1) is 13.1. The van der Waals surface area contributed by atoms with Crippen LogP contribution in [-0.2, 0) is 7.05 Å². The molecule has 0 saturated carbocycles. The van der Waals surface area contributed by atoms with Gasteiger partial charge in [-0.05, 0) is 17.9 Å².